The van der Waals surface area contributed by atoms with Crippen LogP contribution in [0.25, 0.3) is 21.3 Å². The van der Waals surface area contributed by atoms with E-state index in [-0.39, 0.29) is 18.2 Å². The maximum atomic E-state index is 14.0. The molecule has 10 heteroatoms. The Hall–Kier alpha value is -2.85. The van der Waals surface area contributed by atoms with E-state index in [2.05, 4.69) is 9.88 Å². The van der Waals surface area contributed by atoms with E-state index in [9.17, 15) is 28.2 Å². The molecule has 1 spiro atoms. The van der Waals surface area contributed by atoms with E-state index in [4.69, 9.17) is 0 Å². The minimum atomic E-state index is -4.49. The number of likely N-dealkylation sites (tertiary alicyclic amines) is 1. The average molecular weight is 518 g/mol. The van der Waals surface area contributed by atoms with Crippen LogP contribution in [-0.2, 0) is 19.2 Å². The zero-order chi connectivity index (χ0) is 25.2. The number of halogens is 3. The van der Waals surface area contributed by atoms with Gasteiger partial charge in [0.25, 0.3) is 0 Å². The van der Waals surface area contributed by atoms with Crippen LogP contribution in [0, 0.1) is 0 Å². The van der Waals surface area contributed by atoms with Crippen molar-refractivity contribution in [2.45, 2.75) is 62.9 Å². The van der Waals surface area contributed by atoms with Crippen LogP contribution in [0.15, 0.2) is 30.5 Å². The minimum absolute atomic E-state index is 0.0930. The summed E-state index contributed by atoms with van der Waals surface area (Å²) in [4.78, 5) is 20.9. The number of aromatic nitrogens is 1. The molecule has 2 aromatic heterocycles. The number of hydrogen-bond acceptors (Lipinski definition) is 5. The normalized spacial score (nSPS) is 21.2. The number of thiophene rings is 1. The summed E-state index contributed by atoms with van der Waals surface area (Å²) >= 11 is 1.33. The van der Waals surface area contributed by atoms with Crippen LogP contribution in [-0.4, -0.2) is 50.9 Å². The van der Waals surface area contributed by atoms with Gasteiger partial charge in [0, 0.05) is 52.6 Å². The van der Waals surface area contributed by atoms with Gasteiger partial charge in [0.15, 0.2) is 0 Å². The number of carboxylic acid groups (broad SMARTS) is 1. The molecular formula is C26H26F3N3O3S. The third-order valence-electron chi connectivity index (χ3n) is 8.09. The first kappa shape index (κ1) is 23.5. The molecule has 0 bridgehead atoms. The highest BCUT2D eigenvalue weighted by Gasteiger charge is 2.53. The van der Waals surface area contributed by atoms with Gasteiger partial charge in [0.2, 0.25) is 0 Å². The van der Waals surface area contributed by atoms with E-state index in [1.54, 1.807) is 23.2 Å². The van der Waals surface area contributed by atoms with Crippen molar-refractivity contribution in [1.82, 2.24) is 9.88 Å². The van der Waals surface area contributed by atoms with Crippen LogP contribution >= 0.6 is 11.3 Å². The van der Waals surface area contributed by atoms with Gasteiger partial charge in [-0.05, 0) is 68.4 Å². The number of amides is 1. The van der Waals surface area contributed by atoms with Crippen molar-refractivity contribution in [3.8, 4) is 11.1 Å². The second-order valence-electron chi connectivity index (χ2n) is 10.1. The number of benzene rings is 1. The lowest BCUT2D eigenvalue weighted by Crippen LogP contribution is -2.51. The number of aliphatic hydroxyl groups is 1. The topological polar surface area (TPSA) is 76.9 Å². The number of carbonyl (C=O) groups is 1. The summed E-state index contributed by atoms with van der Waals surface area (Å²) in [5, 5.41) is 19.5. The number of hydrogen-bond donors (Lipinski definition) is 2. The SMILES string of the molecule is O=C(O)N1CC(N2CCCc3cc(C(F)(F)F)cc(-c4ccnc5cc(CO)sc45)c32)CC12CCC2. The molecule has 1 aromatic carbocycles. The van der Waals surface area contributed by atoms with Crippen molar-refractivity contribution in [2.24, 2.45) is 0 Å². The van der Waals surface area contributed by atoms with Gasteiger partial charge < -0.3 is 20.0 Å². The second-order valence-corrected chi connectivity index (χ2v) is 11.2. The predicted molar refractivity (Wildman–Crippen MR) is 131 cm³/mol. The summed E-state index contributed by atoms with van der Waals surface area (Å²) in [5.41, 5.74) is 2.17. The van der Waals surface area contributed by atoms with Gasteiger partial charge >= 0.3 is 12.3 Å². The quantitative estimate of drug-likeness (QED) is 0.452. The Labute approximate surface area is 210 Å². The van der Waals surface area contributed by atoms with Gasteiger partial charge in [-0.15, -0.1) is 11.3 Å². The van der Waals surface area contributed by atoms with Crippen molar-refractivity contribution in [3.05, 3.63) is 46.5 Å². The van der Waals surface area contributed by atoms with E-state index in [1.165, 1.54) is 23.5 Å². The average Bonchev–Trinajstić information content (AvgIpc) is 3.44. The molecule has 2 aliphatic heterocycles. The van der Waals surface area contributed by atoms with Crippen molar-refractivity contribution in [2.75, 3.05) is 18.0 Å². The summed E-state index contributed by atoms with van der Waals surface area (Å²) < 4.78 is 42.7. The fraction of sp³-hybridized carbons (Fsp3) is 0.462. The molecule has 1 saturated carbocycles. The molecular weight excluding hydrogens is 491 g/mol. The Morgan fingerprint density at radius 1 is 1.19 bits per heavy atom. The van der Waals surface area contributed by atoms with E-state index < -0.39 is 17.8 Å². The molecule has 6 nitrogen and oxygen atoms in total. The van der Waals surface area contributed by atoms with Gasteiger partial charge in [0.1, 0.15) is 0 Å². The van der Waals surface area contributed by atoms with Crippen molar-refractivity contribution in [1.29, 1.82) is 0 Å². The lowest BCUT2D eigenvalue weighted by Gasteiger charge is -2.44. The first-order valence-electron chi connectivity index (χ1n) is 12.2. The van der Waals surface area contributed by atoms with E-state index in [1.807, 2.05) is 0 Å². The molecule has 2 N–H and O–H groups in total. The van der Waals surface area contributed by atoms with Crippen molar-refractivity contribution in [3.63, 3.8) is 0 Å². The maximum Gasteiger partial charge on any atom is 0.416 e. The second kappa shape index (κ2) is 8.34. The maximum absolute atomic E-state index is 14.0. The standard InChI is InChI=1S/C26H26F3N3O3S/c27-26(28,29)16-9-15-3-1-8-31(17-12-25(5-2-6-25)32(13-17)24(34)35)22(15)20(10-16)19-4-7-30-21-11-18(14-33)36-23(19)21/h4,7,9-11,17,33H,1-3,5-6,8,12-14H2,(H,34,35). The molecule has 0 radical (unpaired) electrons. The highest BCUT2D eigenvalue weighted by molar-refractivity contribution is 7.19. The molecule has 1 aliphatic carbocycles. The van der Waals surface area contributed by atoms with Gasteiger partial charge in [-0.1, -0.05) is 0 Å². The third kappa shape index (κ3) is 3.64. The van der Waals surface area contributed by atoms with Gasteiger partial charge in [-0.3, -0.25) is 4.98 Å². The van der Waals surface area contributed by atoms with Gasteiger partial charge in [-0.25, -0.2) is 4.79 Å². The summed E-state index contributed by atoms with van der Waals surface area (Å²) in [6, 6.07) is 5.91. The fourth-order valence-corrected chi connectivity index (χ4v) is 7.36. The number of pyridine rings is 1. The number of aliphatic hydroxyl groups excluding tert-OH is 1. The first-order valence-corrected chi connectivity index (χ1v) is 13.0. The zero-order valence-electron chi connectivity index (χ0n) is 19.5. The Bertz CT molecular complexity index is 1350. The number of anilines is 1. The minimum Gasteiger partial charge on any atom is -0.465 e. The van der Waals surface area contributed by atoms with Crippen LogP contribution in [0.5, 0.6) is 0 Å². The first-order chi connectivity index (χ1) is 17.2. The molecule has 6 rings (SSSR count). The molecule has 1 unspecified atom stereocenters. The molecule has 3 aliphatic rings. The molecule has 190 valence electrons. The molecule has 1 saturated heterocycles. The van der Waals surface area contributed by atoms with E-state index >= 15 is 0 Å². The summed E-state index contributed by atoms with van der Waals surface area (Å²) in [6.07, 6.45) is 0.776. The van der Waals surface area contributed by atoms with E-state index in [0.29, 0.717) is 59.4 Å². The summed E-state index contributed by atoms with van der Waals surface area (Å²) in [6.45, 7) is 0.858. The smallest absolute Gasteiger partial charge is 0.416 e. The number of alkyl halides is 3. The third-order valence-corrected chi connectivity index (χ3v) is 9.24. The highest BCUT2D eigenvalue weighted by atomic mass is 32.1. The summed E-state index contributed by atoms with van der Waals surface area (Å²) in [5.74, 6) is 0. The van der Waals surface area contributed by atoms with Crippen LogP contribution in [0.1, 0.15) is 48.1 Å². The van der Waals surface area contributed by atoms with Crippen molar-refractivity contribution >= 4 is 33.3 Å². The molecule has 2 fully saturated rings. The number of nitrogens with zero attached hydrogens (tertiary/aromatic N) is 3. The van der Waals surface area contributed by atoms with E-state index in [0.717, 1.165) is 29.6 Å². The van der Waals surface area contributed by atoms with Crippen LogP contribution in [0.3, 0.4) is 0 Å². The monoisotopic (exact) mass is 517 g/mol. The van der Waals surface area contributed by atoms with Crippen LogP contribution in [0.2, 0.25) is 0 Å². The zero-order valence-corrected chi connectivity index (χ0v) is 20.3. The lowest BCUT2D eigenvalue weighted by atomic mass is 9.74. The molecule has 1 atom stereocenters. The Morgan fingerprint density at radius 3 is 2.64 bits per heavy atom. The molecule has 4 heterocycles. The Balaban J connectivity index is 1.53. The lowest BCUT2D eigenvalue weighted by molar-refractivity contribution is -0.137. The van der Waals surface area contributed by atoms with Crippen LogP contribution < -0.4 is 4.90 Å². The number of aryl methyl sites for hydroxylation is 1. The molecule has 1 amide bonds. The highest BCUT2D eigenvalue weighted by Crippen LogP contribution is 2.50. The Kier molecular flexibility index (Phi) is 5.46. The molecule has 36 heavy (non-hydrogen) atoms. The van der Waals surface area contributed by atoms with Gasteiger partial charge in [-0.2, -0.15) is 13.2 Å². The van der Waals surface area contributed by atoms with Crippen LogP contribution in [0.4, 0.5) is 23.7 Å². The Morgan fingerprint density at radius 2 is 2.00 bits per heavy atom. The number of rotatable bonds is 3. The largest absolute Gasteiger partial charge is 0.465 e. The van der Waals surface area contributed by atoms with Gasteiger partial charge in [0.05, 0.1) is 22.4 Å². The molecule has 3 aromatic rings. The van der Waals surface area contributed by atoms with Crippen molar-refractivity contribution < 1.29 is 28.2 Å². The predicted octanol–water partition coefficient (Wildman–Crippen LogP) is 5.90. The summed E-state index contributed by atoms with van der Waals surface area (Å²) in [7, 11) is 0. The fourth-order valence-electron chi connectivity index (χ4n) is 6.35. The number of fused-ring (bicyclic) bond motifs is 2.